The second-order valence-corrected chi connectivity index (χ2v) is 2.91. The summed E-state index contributed by atoms with van der Waals surface area (Å²) in [7, 11) is 0. The quantitative estimate of drug-likeness (QED) is 0.470. The van der Waals surface area contributed by atoms with Crippen LogP contribution in [0.4, 0.5) is 0 Å². The molecule has 58 valence electrons. The summed E-state index contributed by atoms with van der Waals surface area (Å²) in [6.07, 6.45) is 7.05. The minimum atomic E-state index is -0.389. The van der Waals surface area contributed by atoms with Gasteiger partial charge >= 0.3 is 0 Å². The molecule has 1 aliphatic rings. The molecular formula is C8H15NO. The van der Waals surface area contributed by atoms with E-state index in [0.717, 1.165) is 12.8 Å². The molecule has 10 heavy (non-hydrogen) atoms. The van der Waals surface area contributed by atoms with Crippen LogP contribution in [0, 0.1) is 0 Å². The third-order valence-electron chi connectivity index (χ3n) is 2.02. The summed E-state index contributed by atoms with van der Waals surface area (Å²) < 4.78 is 5.21. The molecule has 0 aromatic carbocycles. The Bertz CT molecular complexity index is 116. The van der Waals surface area contributed by atoms with Crippen LogP contribution in [0.2, 0.25) is 0 Å². The largest absolute Gasteiger partial charge is 0.481 e. The second kappa shape index (κ2) is 3.06. The van der Waals surface area contributed by atoms with Crippen molar-refractivity contribution in [1.29, 1.82) is 0 Å². The van der Waals surface area contributed by atoms with Gasteiger partial charge in [-0.2, -0.15) is 0 Å². The summed E-state index contributed by atoms with van der Waals surface area (Å²) >= 11 is 0. The minimum Gasteiger partial charge on any atom is -0.481 e. The second-order valence-electron chi connectivity index (χ2n) is 2.91. The predicted molar refractivity (Wildman–Crippen MR) is 41.3 cm³/mol. The maximum Gasteiger partial charge on any atom is 0.157 e. The number of ether oxygens (including phenoxy) is 1. The maximum absolute atomic E-state index is 5.88. The van der Waals surface area contributed by atoms with Crippen LogP contribution in [0.15, 0.2) is 12.8 Å². The standard InChI is InChI=1S/C8H15NO/c1-2-10-8(9)6-4-3-5-7-8/h2H,1,3-7,9H2. The zero-order valence-corrected chi connectivity index (χ0v) is 6.31. The molecule has 1 saturated carbocycles. The molecule has 0 unspecified atom stereocenters. The van der Waals surface area contributed by atoms with E-state index in [0.29, 0.717) is 0 Å². The summed E-state index contributed by atoms with van der Waals surface area (Å²) in [5.74, 6) is 0. The molecular weight excluding hydrogens is 126 g/mol. The van der Waals surface area contributed by atoms with Crippen LogP contribution in [-0.4, -0.2) is 5.72 Å². The first kappa shape index (κ1) is 7.61. The molecule has 0 amide bonds. The van der Waals surface area contributed by atoms with Crippen LogP contribution in [0.5, 0.6) is 0 Å². The number of hydrogen-bond acceptors (Lipinski definition) is 2. The molecule has 0 radical (unpaired) electrons. The lowest BCUT2D eigenvalue weighted by Crippen LogP contribution is -2.42. The van der Waals surface area contributed by atoms with Gasteiger partial charge in [0, 0.05) is 12.8 Å². The summed E-state index contributed by atoms with van der Waals surface area (Å²) in [5, 5.41) is 0. The van der Waals surface area contributed by atoms with Gasteiger partial charge in [-0.1, -0.05) is 13.0 Å². The van der Waals surface area contributed by atoms with Crippen LogP contribution in [-0.2, 0) is 4.74 Å². The van der Waals surface area contributed by atoms with Gasteiger partial charge in [-0.15, -0.1) is 0 Å². The van der Waals surface area contributed by atoms with E-state index < -0.39 is 0 Å². The van der Waals surface area contributed by atoms with Gasteiger partial charge in [0.25, 0.3) is 0 Å². The monoisotopic (exact) mass is 141 g/mol. The van der Waals surface area contributed by atoms with E-state index in [1.165, 1.54) is 25.5 Å². The van der Waals surface area contributed by atoms with Crippen molar-refractivity contribution in [2.24, 2.45) is 5.73 Å². The minimum absolute atomic E-state index is 0.389. The summed E-state index contributed by atoms with van der Waals surface area (Å²) in [5.41, 5.74) is 5.49. The Kier molecular flexibility index (Phi) is 2.33. The van der Waals surface area contributed by atoms with Crippen LogP contribution < -0.4 is 5.73 Å². The van der Waals surface area contributed by atoms with E-state index in [4.69, 9.17) is 10.5 Å². The summed E-state index contributed by atoms with van der Waals surface area (Å²) in [6, 6.07) is 0. The lowest BCUT2D eigenvalue weighted by atomic mass is 9.92. The first-order chi connectivity index (χ1) is 4.77. The first-order valence-electron chi connectivity index (χ1n) is 3.84. The highest BCUT2D eigenvalue weighted by Gasteiger charge is 2.27. The van der Waals surface area contributed by atoms with Crippen molar-refractivity contribution in [3.8, 4) is 0 Å². The number of nitrogens with two attached hydrogens (primary N) is 1. The molecule has 1 fully saturated rings. The van der Waals surface area contributed by atoms with Crippen LogP contribution in [0.3, 0.4) is 0 Å². The molecule has 0 aromatic rings. The zero-order chi connectivity index (χ0) is 7.45. The lowest BCUT2D eigenvalue weighted by Gasteiger charge is -2.32. The molecule has 1 rings (SSSR count). The smallest absolute Gasteiger partial charge is 0.157 e. The first-order valence-corrected chi connectivity index (χ1v) is 3.84. The third kappa shape index (κ3) is 1.74. The maximum atomic E-state index is 5.88. The van der Waals surface area contributed by atoms with E-state index >= 15 is 0 Å². The van der Waals surface area contributed by atoms with E-state index in [-0.39, 0.29) is 5.72 Å². The zero-order valence-electron chi connectivity index (χ0n) is 6.31. The fraction of sp³-hybridized carbons (Fsp3) is 0.750. The van der Waals surface area contributed by atoms with Crippen molar-refractivity contribution in [1.82, 2.24) is 0 Å². The lowest BCUT2D eigenvalue weighted by molar-refractivity contribution is -0.00497. The topological polar surface area (TPSA) is 35.2 Å². The van der Waals surface area contributed by atoms with Gasteiger partial charge in [0.2, 0.25) is 0 Å². The van der Waals surface area contributed by atoms with Crippen molar-refractivity contribution >= 4 is 0 Å². The molecule has 1 aliphatic carbocycles. The van der Waals surface area contributed by atoms with Crippen LogP contribution in [0.25, 0.3) is 0 Å². The molecule has 0 aliphatic heterocycles. The highest BCUT2D eigenvalue weighted by molar-refractivity contribution is 4.79. The van der Waals surface area contributed by atoms with E-state index in [2.05, 4.69) is 6.58 Å². The summed E-state index contributed by atoms with van der Waals surface area (Å²) in [6.45, 7) is 3.50. The van der Waals surface area contributed by atoms with Crippen molar-refractivity contribution in [3.63, 3.8) is 0 Å². The van der Waals surface area contributed by atoms with Gasteiger partial charge in [-0.3, -0.25) is 5.73 Å². The molecule has 0 atom stereocenters. The molecule has 2 heteroatoms. The average molecular weight is 141 g/mol. The Morgan fingerprint density at radius 1 is 1.30 bits per heavy atom. The molecule has 0 heterocycles. The van der Waals surface area contributed by atoms with Crippen molar-refractivity contribution < 1.29 is 4.74 Å². The van der Waals surface area contributed by atoms with Gasteiger partial charge in [0.15, 0.2) is 5.72 Å². The van der Waals surface area contributed by atoms with Crippen molar-refractivity contribution in [3.05, 3.63) is 12.8 Å². The van der Waals surface area contributed by atoms with Gasteiger partial charge in [-0.05, 0) is 12.8 Å². The van der Waals surface area contributed by atoms with Gasteiger partial charge in [0.05, 0.1) is 6.26 Å². The highest BCUT2D eigenvalue weighted by atomic mass is 16.5. The Hall–Kier alpha value is -0.500. The van der Waals surface area contributed by atoms with E-state index in [1.54, 1.807) is 0 Å². The van der Waals surface area contributed by atoms with E-state index in [9.17, 15) is 0 Å². The van der Waals surface area contributed by atoms with E-state index in [1.807, 2.05) is 0 Å². The van der Waals surface area contributed by atoms with Crippen LogP contribution in [0.1, 0.15) is 32.1 Å². The average Bonchev–Trinajstić information content (AvgIpc) is 1.89. The molecule has 2 N–H and O–H groups in total. The molecule has 0 bridgehead atoms. The Morgan fingerprint density at radius 3 is 2.40 bits per heavy atom. The Balaban J connectivity index is 2.39. The van der Waals surface area contributed by atoms with Crippen LogP contribution >= 0.6 is 0 Å². The summed E-state index contributed by atoms with van der Waals surface area (Å²) in [4.78, 5) is 0. The number of rotatable bonds is 2. The van der Waals surface area contributed by atoms with Gasteiger partial charge in [-0.25, -0.2) is 0 Å². The van der Waals surface area contributed by atoms with Gasteiger partial charge in [0.1, 0.15) is 0 Å². The van der Waals surface area contributed by atoms with Gasteiger partial charge < -0.3 is 4.74 Å². The predicted octanol–water partition coefficient (Wildman–Crippen LogP) is 1.77. The van der Waals surface area contributed by atoms with Crippen molar-refractivity contribution in [2.45, 2.75) is 37.8 Å². The number of hydrogen-bond donors (Lipinski definition) is 1. The molecule has 0 aromatic heterocycles. The Labute approximate surface area is 62.1 Å². The fourth-order valence-electron chi connectivity index (χ4n) is 1.43. The highest BCUT2D eigenvalue weighted by Crippen LogP contribution is 2.26. The van der Waals surface area contributed by atoms with Crippen molar-refractivity contribution in [2.75, 3.05) is 0 Å². The Morgan fingerprint density at radius 2 is 1.90 bits per heavy atom. The fourth-order valence-corrected chi connectivity index (χ4v) is 1.43. The third-order valence-corrected chi connectivity index (χ3v) is 2.02. The normalized spacial score (nSPS) is 23.7. The molecule has 2 nitrogen and oxygen atoms in total. The molecule has 0 spiro atoms. The molecule has 0 saturated heterocycles. The SMILES string of the molecule is C=COC1(N)CCCCC1.